The highest BCUT2D eigenvalue weighted by Gasteiger charge is 2.29. The Bertz CT molecular complexity index is 305. The van der Waals surface area contributed by atoms with E-state index in [1.54, 1.807) is 14.2 Å². The Morgan fingerprint density at radius 1 is 1.31 bits per heavy atom. The SMILES string of the molecule is COc1cccc([C@H]2CO2)c1OC. The van der Waals surface area contributed by atoms with E-state index in [-0.39, 0.29) is 6.10 Å². The first kappa shape index (κ1) is 8.38. The molecule has 1 aliphatic heterocycles. The third-order valence-corrected chi connectivity index (χ3v) is 2.11. The number of benzene rings is 1. The monoisotopic (exact) mass is 180 g/mol. The fourth-order valence-corrected chi connectivity index (χ4v) is 1.39. The van der Waals surface area contributed by atoms with Gasteiger partial charge < -0.3 is 14.2 Å². The van der Waals surface area contributed by atoms with Crippen molar-refractivity contribution in [2.24, 2.45) is 0 Å². The largest absolute Gasteiger partial charge is 0.493 e. The van der Waals surface area contributed by atoms with E-state index in [4.69, 9.17) is 14.2 Å². The molecule has 2 rings (SSSR count). The molecule has 3 heteroatoms. The zero-order valence-electron chi connectivity index (χ0n) is 7.74. The van der Waals surface area contributed by atoms with Crippen molar-refractivity contribution in [2.45, 2.75) is 6.10 Å². The summed E-state index contributed by atoms with van der Waals surface area (Å²) >= 11 is 0. The Morgan fingerprint density at radius 3 is 2.62 bits per heavy atom. The standard InChI is InChI=1S/C10H12O3/c1-11-8-5-3-4-7(9-6-13-9)10(8)12-2/h3-5,9H,6H2,1-2H3/t9-/m1/s1. The molecule has 1 aromatic carbocycles. The Hall–Kier alpha value is -1.22. The summed E-state index contributed by atoms with van der Waals surface area (Å²) < 4.78 is 15.6. The molecule has 0 aliphatic carbocycles. The molecule has 70 valence electrons. The van der Waals surface area contributed by atoms with Crippen molar-refractivity contribution in [3.05, 3.63) is 23.8 Å². The van der Waals surface area contributed by atoms with Crippen LogP contribution in [0.5, 0.6) is 11.5 Å². The second kappa shape index (κ2) is 3.26. The third-order valence-electron chi connectivity index (χ3n) is 2.11. The molecule has 0 bridgehead atoms. The van der Waals surface area contributed by atoms with Crippen molar-refractivity contribution < 1.29 is 14.2 Å². The van der Waals surface area contributed by atoms with Crippen LogP contribution in [-0.2, 0) is 4.74 Å². The van der Waals surface area contributed by atoms with Crippen molar-refractivity contribution >= 4 is 0 Å². The average molecular weight is 180 g/mol. The third kappa shape index (κ3) is 1.47. The second-order valence-electron chi connectivity index (χ2n) is 2.90. The molecule has 0 N–H and O–H groups in total. The highest BCUT2D eigenvalue weighted by atomic mass is 16.6. The number of hydrogen-bond donors (Lipinski definition) is 0. The summed E-state index contributed by atoms with van der Waals surface area (Å²) in [5.74, 6) is 1.54. The first-order valence-corrected chi connectivity index (χ1v) is 4.19. The van der Waals surface area contributed by atoms with Gasteiger partial charge in [-0.2, -0.15) is 0 Å². The maximum absolute atomic E-state index is 5.26. The molecular formula is C10H12O3. The van der Waals surface area contributed by atoms with Crippen molar-refractivity contribution in [2.75, 3.05) is 20.8 Å². The zero-order chi connectivity index (χ0) is 9.26. The molecule has 1 fully saturated rings. The van der Waals surface area contributed by atoms with E-state index in [9.17, 15) is 0 Å². The van der Waals surface area contributed by atoms with Crippen LogP contribution in [0.25, 0.3) is 0 Å². The van der Waals surface area contributed by atoms with Crippen LogP contribution in [0.1, 0.15) is 11.7 Å². The maximum Gasteiger partial charge on any atom is 0.166 e. The topological polar surface area (TPSA) is 31.0 Å². The molecule has 0 saturated carbocycles. The van der Waals surface area contributed by atoms with Gasteiger partial charge >= 0.3 is 0 Å². The maximum atomic E-state index is 5.26. The van der Waals surface area contributed by atoms with E-state index in [1.165, 1.54) is 0 Å². The number of para-hydroxylation sites is 1. The van der Waals surface area contributed by atoms with E-state index in [1.807, 2.05) is 18.2 Å². The summed E-state index contributed by atoms with van der Waals surface area (Å²) in [6.07, 6.45) is 0.199. The smallest absolute Gasteiger partial charge is 0.166 e. The van der Waals surface area contributed by atoms with Crippen molar-refractivity contribution in [3.8, 4) is 11.5 Å². The van der Waals surface area contributed by atoms with Crippen LogP contribution in [0.2, 0.25) is 0 Å². The van der Waals surface area contributed by atoms with E-state index in [0.717, 1.165) is 23.7 Å². The minimum atomic E-state index is 0.199. The normalized spacial score (nSPS) is 19.7. The van der Waals surface area contributed by atoms with Gasteiger partial charge in [0.25, 0.3) is 0 Å². The van der Waals surface area contributed by atoms with Crippen LogP contribution in [-0.4, -0.2) is 20.8 Å². The molecule has 0 spiro atoms. The lowest BCUT2D eigenvalue weighted by Gasteiger charge is -2.10. The number of epoxide rings is 1. The average Bonchev–Trinajstić information content (AvgIpc) is 2.99. The van der Waals surface area contributed by atoms with Crippen LogP contribution < -0.4 is 9.47 Å². The lowest BCUT2D eigenvalue weighted by atomic mass is 10.1. The molecule has 1 saturated heterocycles. The summed E-state index contributed by atoms with van der Waals surface area (Å²) in [5.41, 5.74) is 1.07. The first-order valence-electron chi connectivity index (χ1n) is 4.19. The van der Waals surface area contributed by atoms with Crippen molar-refractivity contribution in [1.82, 2.24) is 0 Å². The second-order valence-corrected chi connectivity index (χ2v) is 2.90. The van der Waals surface area contributed by atoms with Gasteiger partial charge in [0.2, 0.25) is 0 Å². The van der Waals surface area contributed by atoms with E-state index in [0.29, 0.717) is 0 Å². The summed E-state index contributed by atoms with van der Waals surface area (Å²) in [5, 5.41) is 0. The lowest BCUT2D eigenvalue weighted by Crippen LogP contribution is -1.94. The zero-order valence-corrected chi connectivity index (χ0v) is 7.74. The van der Waals surface area contributed by atoms with Crippen LogP contribution in [0.4, 0.5) is 0 Å². The number of ether oxygens (including phenoxy) is 3. The van der Waals surface area contributed by atoms with E-state index in [2.05, 4.69) is 0 Å². The van der Waals surface area contributed by atoms with Gasteiger partial charge in [-0.25, -0.2) is 0 Å². The quantitative estimate of drug-likeness (QED) is 0.664. The number of hydrogen-bond acceptors (Lipinski definition) is 3. The number of methoxy groups -OCH3 is 2. The Labute approximate surface area is 77.2 Å². The Kier molecular flexibility index (Phi) is 2.10. The molecule has 1 aromatic rings. The molecule has 13 heavy (non-hydrogen) atoms. The van der Waals surface area contributed by atoms with Crippen LogP contribution >= 0.6 is 0 Å². The van der Waals surface area contributed by atoms with Gasteiger partial charge in [0.15, 0.2) is 11.5 Å². The van der Waals surface area contributed by atoms with Gasteiger partial charge in [0.05, 0.1) is 20.8 Å². The summed E-state index contributed by atoms with van der Waals surface area (Å²) in [4.78, 5) is 0. The molecule has 0 amide bonds. The van der Waals surface area contributed by atoms with E-state index >= 15 is 0 Å². The Morgan fingerprint density at radius 2 is 2.08 bits per heavy atom. The number of rotatable bonds is 3. The predicted octanol–water partition coefficient (Wildman–Crippen LogP) is 1.78. The minimum absolute atomic E-state index is 0.199. The summed E-state index contributed by atoms with van der Waals surface area (Å²) in [6.45, 7) is 0.781. The van der Waals surface area contributed by atoms with Gasteiger partial charge in [0.1, 0.15) is 6.10 Å². The van der Waals surface area contributed by atoms with E-state index < -0.39 is 0 Å². The fourth-order valence-electron chi connectivity index (χ4n) is 1.39. The van der Waals surface area contributed by atoms with Crippen LogP contribution in [0.15, 0.2) is 18.2 Å². The Balaban J connectivity index is 2.41. The minimum Gasteiger partial charge on any atom is -0.493 e. The molecular weight excluding hydrogens is 168 g/mol. The highest BCUT2D eigenvalue weighted by molar-refractivity contribution is 5.48. The van der Waals surface area contributed by atoms with Gasteiger partial charge in [-0.1, -0.05) is 12.1 Å². The molecule has 0 radical (unpaired) electrons. The van der Waals surface area contributed by atoms with Crippen LogP contribution in [0, 0.1) is 0 Å². The summed E-state index contributed by atoms with van der Waals surface area (Å²) in [6, 6.07) is 5.82. The summed E-state index contributed by atoms with van der Waals surface area (Å²) in [7, 11) is 3.28. The van der Waals surface area contributed by atoms with Crippen molar-refractivity contribution in [3.63, 3.8) is 0 Å². The predicted molar refractivity (Wildman–Crippen MR) is 48.2 cm³/mol. The molecule has 1 heterocycles. The molecule has 1 atom stereocenters. The first-order chi connectivity index (χ1) is 6.36. The van der Waals surface area contributed by atoms with Gasteiger partial charge in [-0.15, -0.1) is 0 Å². The lowest BCUT2D eigenvalue weighted by molar-refractivity contribution is 0.343. The van der Waals surface area contributed by atoms with Gasteiger partial charge in [-0.05, 0) is 6.07 Å². The van der Waals surface area contributed by atoms with Gasteiger partial charge in [0, 0.05) is 5.56 Å². The van der Waals surface area contributed by atoms with Gasteiger partial charge in [-0.3, -0.25) is 0 Å². The van der Waals surface area contributed by atoms with Crippen LogP contribution in [0.3, 0.4) is 0 Å². The molecule has 0 aromatic heterocycles. The molecule has 3 nitrogen and oxygen atoms in total. The molecule has 0 unspecified atom stereocenters. The molecule has 1 aliphatic rings. The van der Waals surface area contributed by atoms with Crippen molar-refractivity contribution in [1.29, 1.82) is 0 Å². The fraction of sp³-hybridized carbons (Fsp3) is 0.400. The highest BCUT2D eigenvalue weighted by Crippen LogP contribution is 2.40.